The van der Waals surface area contributed by atoms with E-state index in [1.54, 1.807) is 7.11 Å². The molecule has 0 aromatic heterocycles. The molecular weight excluding hydrogens is 284 g/mol. The van der Waals surface area contributed by atoms with Crippen molar-refractivity contribution in [2.45, 2.75) is 39.3 Å². The second-order valence-corrected chi connectivity index (χ2v) is 5.50. The van der Waals surface area contributed by atoms with E-state index in [4.69, 9.17) is 22.7 Å². The fourth-order valence-corrected chi connectivity index (χ4v) is 2.76. The molecule has 0 saturated heterocycles. The van der Waals surface area contributed by atoms with Crippen molar-refractivity contribution < 1.29 is 9.84 Å². The second kappa shape index (κ2) is 8.97. The van der Waals surface area contributed by atoms with Gasteiger partial charge in [-0.25, -0.2) is 0 Å². The topological polar surface area (TPSA) is 58.7 Å². The Labute approximate surface area is 132 Å². The van der Waals surface area contributed by atoms with Crippen LogP contribution >= 0.6 is 12.2 Å². The van der Waals surface area contributed by atoms with E-state index >= 15 is 0 Å². The summed E-state index contributed by atoms with van der Waals surface area (Å²) in [7, 11) is 1.62. The van der Waals surface area contributed by atoms with E-state index in [-0.39, 0.29) is 6.61 Å². The lowest BCUT2D eigenvalue weighted by atomic mass is 10.1. The number of ether oxygens (including phenoxy) is 1. The van der Waals surface area contributed by atoms with Crippen LogP contribution in [0.1, 0.15) is 37.8 Å². The molecule has 0 aliphatic carbocycles. The predicted molar refractivity (Wildman–Crippen MR) is 90.7 cm³/mol. The van der Waals surface area contributed by atoms with Gasteiger partial charge in [0, 0.05) is 19.1 Å². The number of hydrogen-bond donors (Lipinski definition) is 2. The van der Waals surface area contributed by atoms with Crippen LogP contribution < -0.4 is 10.5 Å². The van der Waals surface area contributed by atoms with Gasteiger partial charge in [0.15, 0.2) is 0 Å². The van der Waals surface area contributed by atoms with Crippen molar-refractivity contribution in [1.29, 1.82) is 0 Å². The molecule has 0 spiro atoms. The third-order valence-electron chi connectivity index (χ3n) is 3.76. The van der Waals surface area contributed by atoms with Crippen LogP contribution in [0, 0.1) is 0 Å². The molecule has 0 bridgehead atoms. The number of aliphatic hydroxyl groups excluding tert-OH is 1. The molecule has 3 N–H and O–H groups in total. The molecule has 1 aromatic carbocycles. The van der Waals surface area contributed by atoms with Crippen LogP contribution in [0.4, 0.5) is 0 Å². The molecule has 0 aliphatic rings. The number of nitrogens with zero attached hydrogens (tertiary/aromatic N) is 1. The zero-order chi connectivity index (χ0) is 15.8. The largest absolute Gasteiger partial charge is 0.496 e. The van der Waals surface area contributed by atoms with E-state index in [1.807, 2.05) is 18.2 Å². The van der Waals surface area contributed by atoms with Crippen molar-refractivity contribution in [2.24, 2.45) is 5.73 Å². The van der Waals surface area contributed by atoms with E-state index in [0.29, 0.717) is 23.3 Å². The van der Waals surface area contributed by atoms with Crippen LogP contribution in [0.2, 0.25) is 0 Å². The molecule has 118 valence electrons. The Bertz CT molecular complexity index is 462. The summed E-state index contributed by atoms with van der Waals surface area (Å²) in [5, 5.41) is 9.27. The lowest BCUT2D eigenvalue weighted by Crippen LogP contribution is -2.36. The maximum Gasteiger partial charge on any atom is 0.129 e. The number of methoxy groups -OCH3 is 1. The Morgan fingerprint density at radius 3 is 2.52 bits per heavy atom. The highest BCUT2D eigenvalue weighted by molar-refractivity contribution is 7.80. The molecule has 0 unspecified atom stereocenters. The summed E-state index contributed by atoms with van der Waals surface area (Å²) in [6.45, 7) is 5.97. The van der Waals surface area contributed by atoms with E-state index in [0.717, 1.165) is 30.5 Å². The van der Waals surface area contributed by atoms with Gasteiger partial charge in [-0.1, -0.05) is 32.1 Å². The Hall–Kier alpha value is -1.17. The number of thiocarbonyl (C=S) groups is 1. The lowest BCUT2D eigenvalue weighted by molar-refractivity contribution is 0.136. The molecule has 0 radical (unpaired) electrons. The zero-order valence-corrected chi connectivity index (χ0v) is 13.9. The minimum atomic E-state index is 0.165. The third-order valence-corrected chi connectivity index (χ3v) is 3.98. The van der Waals surface area contributed by atoms with Gasteiger partial charge in [-0.2, -0.15) is 0 Å². The van der Waals surface area contributed by atoms with Crippen LogP contribution in [0.15, 0.2) is 18.2 Å². The Morgan fingerprint density at radius 2 is 2.05 bits per heavy atom. The standard InChI is InChI=1S/C16H26N2O2S/c1-4-13(5-2)18(8-9-19)11-12-6-7-14(16(17)21)15(10-12)20-3/h6-7,10,13,19H,4-5,8-9,11H2,1-3H3,(H2,17,21). The normalized spacial score (nSPS) is 11.1. The number of nitrogens with two attached hydrogens (primary N) is 1. The van der Waals surface area contributed by atoms with E-state index in [1.165, 1.54) is 0 Å². The van der Waals surface area contributed by atoms with Crippen LogP contribution in [0.3, 0.4) is 0 Å². The molecule has 1 aromatic rings. The molecular formula is C16H26N2O2S. The average molecular weight is 310 g/mol. The van der Waals surface area contributed by atoms with E-state index in [9.17, 15) is 5.11 Å². The summed E-state index contributed by atoms with van der Waals surface area (Å²) in [5.74, 6) is 0.702. The minimum Gasteiger partial charge on any atom is -0.496 e. The minimum absolute atomic E-state index is 0.165. The Morgan fingerprint density at radius 1 is 1.38 bits per heavy atom. The summed E-state index contributed by atoms with van der Waals surface area (Å²) in [6.07, 6.45) is 2.14. The first-order chi connectivity index (χ1) is 10.1. The van der Waals surface area contributed by atoms with Crippen molar-refractivity contribution >= 4 is 17.2 Å². The van der Waals surface area contributed by atoms with Gasteiger partial charge < -0.3 is 15.6 Å². The molecule has 21 heavy (non-hydrogen) atoms. The van der Waals surface area contributed by atoms with Crippen LogP contribution in [-0.2, 0) is 6.54 Å². The van der Waals surface area contributed by atoms with Crippen molar-refractivity contribution in [2.75, 3.05) is 20.3 Å². The summed E-state index contributed by atoms with van der Waals surface area (Å²) in [6, 6.07) is 6.37. The summed E-state index contributed by atoms with van der Waals surface area (Å²) in [5.41, 5.74) is 7.58. The van der Waals surface area contributed by atoms with Crippen LogP contribution in [0.25, 0.3) is 0 Å². The number of benzene rings is 1. The van der Waals surface area contributed by atoms with Gasteiger partial charge in [-0.15, -0.1) is 0 Å². The highest BCUT2D eigenvalue weighted by Crippen LogP contribution is 2.22. The summed E-state index contributed by atoms with van der Waals surface area (Å²) < 4.78 is 5.37. The van der Waals surface area contributed by atoms with Gasteiger partial charge in [0.2, 0.25) is 0 Å². The van der Waals surface area contributed by atoms with Gasteiger partial charge in [-0.05, 0) is 30.5 Å². The molecule has 0 fully saturated rings. The third kappa shape index (κ3) is 4.95. The fourth-order valence-electron chi connectivity index (χ4n) is 2.60. The van der Waals surface area contributed by atoms with Crippen LogP contribution in [0.5, 0.6) is 5.75 Å². The highest BCUT2D eigenvalue weighted by Gasteiger charge is 2.16. The van der Waals surface area contributed by atoms with Gasteiger partial charge in [0.25, 0.3) is 0 Å². The van der Waals surface area contributed by atoms with Crippen molar-refractivity contribution in [3.8, 4) is 5.75 Å². The molecule has 0 atom stereocenters. The molecule has 0 aliphatic heterocycles. The number of rotatable bonds is 9. The first-order valence-electron chi connectivity index (χ1n) is 7.38. The van der Waals surface area contributed by atoms with E-state index < -0.39 is 0 Å². The summed E-state index contributed by atoms with van der Waals surface area (Å²) in [4.78, 5) is 2.64. The first-order valence-corrected chi connectivity index (χ1v) is 7.79. The van der Waals surface area contributed by atoms with Gasteiger partial charge >= 0.3 is 0 Å². The van der Waals surface area contributed by atoms with Crippen molar-refractivity contribution in [3.63, 3.8) is 0 Å². The molecule has 0 amide bonds. The second-order valence-electron chi connectivity index (χ2n) is 5.06. The smallest absolute Gasteiger partial charge is 0.129 e. The van der Waals surface area contributed by atoms with Crippen molar-refractivity contribution in [3.05, 3.63) is 29.3 Å². The average Bonchev–Trinajstić information content (AvgIpc) is 2.48. The molecule has 0 saturated carbocycles. The fraction of sp³-hybridized carbons (Fsp3) is 0.562. The van der Waals surface area contributed by atoms with Gasteiger partial charge in [-0.3, -0.25) is 4.90 Å². The van der Waals surface area contributed by atoms with Gasteiger partial charge in [0.1, 0.15) is 10.7 Å². The van der Waals surface area contributed by atoms with Crippen LogP contribution in [-0.4, -0.2) is 41.3 Å². The maximum absolute atomic E-state index is 9.27. The highest BCUT2D eigenvalue weighted by atomic mass is 32.1. The molecule has 4 nitrogen and oxygen atoms in total. The predicted octanol–water partition coefficient (Wildman–Crippen LogP) is 2.31. The quantitative estimate of drug-likeness (QED) is 0.686. The number of hydrogen-bond acceptors (Lipinski definition) is 4. The Kier molecular flexibility index (Phi) is 7.64. The van der Waals surface area contributed by atoms with E-state index in [2.05, 4.69) is 18.7 Å². The maximum atomic E-state index is 9.27. The van der Waals surface area contributed by atoms with Crippen molar-refractivity contribution in [1.82, 2.24) is 4.90 Å². The number of aliphatic hydroxyl groups is 1. The first kappa shape index (κ1) is 17.9. The summed E-state index contributed by atoms with van der Waals surface area (Å²) >= 11 is 5.02. The zero-order valence-electron chi connectivity index (χ0n) is 13.1. The monoisotopic (exact) mass is 310 g/mol. The molecule has 0 heterocycles. The molecule has 5 heteroatoms. The lowest BCUT2D eigenvalue weighted by Gasteiger charge is -2.30. The Balaban J connectivity index is 2.96. The molecule has 1 rings (SSSR count). The van der Waals surface area contributed by atoms with Gasteiger partial charge in [0.05, 0.1) is 19.3 Å². The SMILES string of the molecule is CCC(CC)N(CCO)Cc1ccc(C(N)=S)c(OC)c1.